The van der Waals surface area contributed by atoms with Crippen LogP contribution < -0.4 is 5.73 Å². The fourth-order valence-corrected chi connectivity index (χ4v) is 1.92. The Morgan fingerprint density at radius 1 is 1.26 bits per heavy atom. The zero-order valence-corrected chi connectivity index (χ0v) is 10.7. The summed E-state index contributed by atoms with van der Waals surface area (Å²) in [5, 5.41) is 10.8. The monoisotopic (exact) mass is 257 g/mol. The average Bonchev–Trinajstić information content (AvgIpc) is 2.39. The molecule has 5 nitrogen and oxygen atoms in total. The predicted octanol–water partition coefficient (Wildman–Crippen LogP) is 3.19. The van der Waals surface area contributed by atoms with Crippen molar-refractivity contribution in [2.75, 3.05) is 5.73 Å². The van der Waals surface area contributed by atoms with Gasteiger partial charge in [-0.3, -0.25) is 10.1 Å². The van der Waals surface area contributed by atoms with Crippen molar-refractivity contribution >= 4 is 11.5 Å². The third-order valence-corrected chi connectivity index (χ3v) is 2.83. The Kier molecular flexibility index (Phi) is 3.75. The Balaban J connectivity index is 2.38. The summed E-state index contributed by atoms with van der Waals surface area (Å²) >= 11 is 0. The van der Waals surface area contributed by atoms with Gasteiger partial charge in [0, 0.05) is 11.6 Å². The number of aromatic nitrogens is 1. The number of aryl methyl sites for hydroxylation is 1. The van der Waals surface area contributed by atoms with Crippen molar-refractivity contribution in [1.82, 2.24) is 4.98 Å². The largest absolute Gasteiger partial charge is 0.383 e. The number of hydrogen-bond donors (Lipinski definition) is 1. The van der Waals surface area contributed by atoms with Gasteiger partial charge < -0.3 is 5.73 Å². The van der Waals surface area contributed by atoms with Gasteiger partial charge in [0.15, 0.2) is 0 Å². The van der Waals surface area contributed by atoms with E-state index in [0.29, 0.717) is 5.69 Å². The first-order valence-corrected chi connectivity index (χ1v) is 6.11. The molecule has 0 atom stereocenters. The summed E-state index contributed by atoms with van der Waals surface area (Å²) in [6.45, 7) is 2.12. The second kappa shape index (κ2) is 5.48. The third-order valence-electron chi connectivity index (χ3n) is 2.83. The van der Waals surface area contributed by atoms with Crippen LogP contribution in [0.25, 0.3) is 11.3 Å². The summed E-state index contributed by atoms with van der Waals surface area (Å²) in [6.07, 6.45) is 2.10. The molecule has 1 heterocycles. The van der Waals surface area contributed by atoms with Gasteiger partial charge in [0.05, 0.1) is 16.7 Å². The maximum Gasteiger partial charge on any atom is 0.275 e. The van der Waals surface area contributed by atoms with Gasteiger partial charge in [-0.2, -0.15) is 0 Å². The van der Waals surface area contributed by atoms with Crippen LogP contribution in [-0.2, 0) is 6.42 Å². The number of nitro groups is 1. The second-order valence-electron chi connectivity index (χ2n) is 4.34. The van der Waals surface area contributed by atoms with Crippen molar-refractivity contribution in [2.24, 2.45) is 0 Å². The van der Waals surface area contributed by atoms with Crippen LogP contribution in [0.2, 0.25) is 0 Å². The van der Waals surface area contributed by atoms with E-state index in [4.69, 9.17) is 5.73 Å². The van der Waals surface area contributed by atoms with Gasteiger partial charge in [-0.15, -0.1) is 0 Å². The van der Waals surface area contributed by atoms with E-state index < -0.39 is 4.92 Å². The molecule has 1 aromatic heterocycles. The summed E-state index contributed by atoms with van der Waals surface area (Å²) < 4.78 is 0. The molecule has 2 rings (SSSR count). The molecular formula is C14H15N3O2. The highest BCUT2D eigenvalue weighted by Crippen LogP contribution is 2.24. The van der Waals surface area contributed by atoms with Crippen molar-refractivity contribution in [2.45, 2.75) is 19.8 Å². The van der Waals surface area contributed by atoms with E-state index in [9.17, 15) is 10.1 Å². The zero-order valence-electron chi connectivity index (χ0n) is 10.7. The zero-order chi connectivity index (χ0) is 13.8. The van der Waals surface area contributed by atoms with Gasteiger partial charge in [0.2, 0.25) is 0 Å². The van der Waals surface area contributed by atoms with Crippen molar-refractivity contribution in [3.05, 3.63) is 52.1 Å². The first-order valence-electron chi connectivity index (χ1n) is 6.11. The molecule has 19 heavy (non-hydrogen) atoms. The van der Waals surface area contributed by atoms with E-state index >= 15 is 0 Å². The molecule has 0 unspecified atom stereocenters. The fraction of sp³-hybridized carbons (Fsp3) is 0.214. The lowest BCUT2D eigenvalue weighted by atomic mass is 10.1. The predicted molar refractivity (Wildman–Crippen MR) is 74.7 cm³/mol. The molecule has 0 saturated heterocycles. The van der Waals surface area contributed by atoms with Gasteiger partial charge in [0.1, 0.15) is 5.82 Å². The third kappa shape index (κ3) is 3.07. The summed E-state index contributed by atoms with van der Waals surface area (Å²) in [6, 6.07) is 10.5. The normalized spacial score (nSPS) is 10.4. The molecule has 2 aromatic rings. The van der Waals surface area contributed by atoms with Crippen molar-refractivity contribution in [3.63, 3.8) is 0 Å². The van der Waals surface area contributed by atoms with Gasteiger partial charge in [0.25, 0.3) is 5.69 Å². The number of anilines is 1. The molecule has 5 heteroatoms. The van der Waals surface area contributed by atoms with Crippen LogP contribution in [0.5, 0.6) is 0 Å². The fourth-order valence-electron chi connectivity index (χ4n) is 1.92. The quantitative estimate of drug-likeness (QED) is 0.673. The Hall–Kier alpha value is -2.43. The summed E-state index contributed by atoms with van der Waals surface area (Å²) in [5.41, 5.74) is 8.15. The Bertz CT molecular complexity index is 594. The van der Waals surface area contributed by atoms with Crippen LogP contribution in [0, 0.1) is 10.1 Å². The number of nitrogen functional groups attached to an aromatic ring is 1. The number of nitrogens with two attached hydrogens (primary N) is 1. The summed E-state index contributed by atoms with van der Waals surface area (Å²) in [5.74, 6) is 0.154. The molecule has 98 valence electrons. The minimum Gasteiger partial charge on any atom is -0.383 e. The van der Waals surface area contributed by atoms with Crippen LogP contribution in [0.4, 0.5) is 11.5 Å². The molecule has 1 aromatic carbocycles. The van der Waals surface area contributed by atoms with Gasteiger partial charge in [-0.1, -0.05) is 37.6 Å². The van der Waals surface area contributed by atoms with Gasteiger partial charge in [-0.25, -0.2) is 4.98 Å². The van der Waals surface area contributed by atoms with Crippen LogP contribution in [0.15, 0.2) is 36.4 Å². The minimum absolute atomic E-state index is 0.0415. The van der Waals surface area contributed by atoms with Crippen LogP contribution >= 0.6 is 0 Å². The van der Waals surface area contributed by atoms with Gasteiger partial charge in [-0.05, 0) is 12.0 Å². The van der Waals surface area contributed by atoms with E-state index in [1.165, 1.54) is 17.7 Å². The lowest BCUT2D eigenvalue weighted by molar-refractivity contribution is -0.384. The number of benzene rings is 1. The molecule has 0 radical (unpaired) electrons. The minimum atomic E-state index is -0.465. The number of pyridine rings is 1. The van der Waals surface area contributed by atoms with E-state index in [-0.39, 0.29) is 11.5 Å². The highest BCUT2D eigenvalue weighted by Gasteiger charge is 2.11. The van der Waals surface area contributed by atoms with Crippen LogP contribution in [0.1, 0.15) is 18.9 Å². The first-order chi connectivity index (χ1) is 9.10. The molecule has 0 amide bonds. The molecule has 0 fully saturated rings. The first kappa shape index (κ1) is 13.0. The number of nitrogens with zero attached hydrogens (tertiary/aromatic N) is 2. The van der Waals surface area contributed by atoms with E-state index in [1.54, 1.807) is 0 Å². The smallest absolute Gasteiger partial charge is 0.275 e. The average molecular weight is 257 g/mol. The second-order valence-corrected chi connectivity index (χ2v) is 4.34. The van der Waals surface area contributed by atoms with E-state index in [2.05, 4.69) is 11.9 Å². The van der Waals surface area contributed by atoms with Crippen molar-refractivity contribution in [1.29, 1.82) is 0 Å². The topological polar surface area (TPSA) is 82.0 Å². The molecule has 0 aliphatic rings. The summed E-state index contributed by atoms with van der Waals surface area (Å²) in [7, 11) is 0. The molecule has 0 aliphatic heterocycles. The van der Waals surface area contributed by atoms with E-state index in [0.717, 1.165) is 18.4 Å². The van der Waals surface area contributed by atoms with Crippen molar-refractivity contribution < 1.29 is 4.92 Å². The molecule has 0 spiro atoms. The lowest BCUT2D eigenvalue weighted by Gasteiger charge is -2.04. The Labute approximate surface area is 111 Å². The highest BCUT2D eigenvalue weighted by atomic mass is 16.6. The molecule has 0 bridgehead atoms. The highest BCUT2D eigenvalue weighted by molar-refractivity contribution is 5.64. The standard InChI is InChI=1S/C14H15N3O2/c1-2-3-10-4-6-11(7-5-10)13-8-12(17(18)19)9-14(15)16-13/h4-9H,2-3H2,1H3,(H2,15,16). The molecule has 2 N–H and O–H groups in total. The molecule has 0 aliphatic carbocycles. The Morgan fingerprint density at radius 2 is 1.95 bits per heavy atom. The molecule has 0 saturated carbocycles. The summed E-state index contributed by atoms with van der Waals surface area (Å²) in [4.78, 5) is 14.5. The lowest BCUT2D eigenvalue weighted by Crippen LogP contribution is -1.96. The molecular weight excluding hydrogens is 242 g/mol. The Morgan fingerprint density at radius 3 is 2.53 bits per heavy atom. The SMILES string of the molecule is CCCc1ccc(-c2cc([N+](=O)[O-])cc(N)n2)cc1. The van der Waals surface area contributed by atoms with Gasteiger partial charge >= 0.3 is 0 Å². The maximum absolute atomic E-state index is 10.8. The van der Waals surface area contributed by atoms with Crippen LogP contribution in [0.3, 0.4) is 0 Å². The maximum atomic E-state index is 10.8. The van der Waals surface area contributed by atoms with Crippen LogP contribution in [-0.4, -0.2) is 9.91 Å². The van der Waals surface area contributed by atoms with E-state index in [1.807, 2.05) is 24.3 Å². The number of rotatable bonds is 4. The number of hydrogen-bond acceptors (Lipinski definition) is 4. The van der Waals surface area contributed by atoms with Crippen molar-refractivity contribution in [3.8, 4) is 11.3 Å².